The van der Waals surface area contributed by atoms with Gasteiger partial charge < -0.3 is 0 Å². The average Bonchev–Trinajstić information content (AvgIpc) is 2.46. The first-order valence-corrected chi connectivity index (χ1v) is 7.62. The van der Waals surface area contributed by atoms with Crippen molar-refractivity contribution in [3.8, 4) is 0 Å². The van der Waals surface area contributed by atoms with Gasteiger partial charge in [-0.3, -0.25) is 24.8 Å². The molecule has 0 saturated heterocycles. The maximum absolute atomic E-state index is 11.4. The number of nitrogens with zero attached hydrogens (tertiary/aromatic N) is 2. The summed E-state index contributed by atoms with van der Waals surface area (Å²) in [6.07, 6.45) is -0.385. The minimum atomic E-state index is -4.56. The standard InChI is InChI=1S/C13H10N2O7S/c16-14(17)11-5-3-6-12(15(18)19)10(11)8-9-4-1-2-7-13(9)23(20,21)22/h1-7H,8H2,(H,20,21,22). The maximum atomic E-state index is 11.4. The molecule has 0 bridgehead atoms. The molecule has 0 heterocycles. The molecule has 2 aromatic carbocycles. The van der Waals surface area contributed by atoms with E-state index in [4.69, 9.17) is 0 Å². The first-order valence-electron chi connectivity index (χ1n) is 6.18. The van der Waals surface area contributed by atoms with Gasteiger partial charge in [0.1, 0.15) is 5.56 Å². The molecule has 2 aromatic rings. The van der Waals surface area contributed by atoms with Crippen LogP contribution in [0.1, 0.15) is 11.1 Å². The van der Waals surface area contributed by atoms with Gasteiger partial charge in [0.25, 0.3) is 21.5 Å². The van der Waals surface area contributed by atoms with Crippen LogP contribution >= 0.6 is 0 Å². The molecule has 23 heavy (non-hydrogen) atoms. The van der Waals surface area contributed by atoms with Gasteiger partial charge in [-0.15, -0.1) is 0 Å². The molecule has 0 aliphatic heterocycles. The number of hydrogen-bond acceptors (Lipinski definition) is 6. The Hall–Kier alpha value is -2.85. The second-order valence-electron chi connectivity index (χ2n) is 4.55. The van der Waals surface area contributed by atoms with Crippen molar-refractivity contribution in [1.82, 2.24) is 0 Å². The third kappa shape index (κ3) is 3.49. The highest BCUT2D eigenvalue weighted by molar-refractivity contribution is 7.85. The summed E-state index contributed by atoms with van der Waals surface area (Å²) in [5.74, 6) is 0. The molecule has 0 amide bonds. The topological polar surface area (TPSA) is 141 Å². The predicted octanol–water partition coefficient (Wildman–Crippen LogP) is 2.34. The van der Waals surface area contributed by atoms with Crippen molar-refractivity contribution in [2.75, 3.05) is 0 Å². The molecule has 9 nitrogen and oxygen atoms in total. The molecular weight excluding hydrogens is 328 g/mol. The lowest BCUT2D eigenvalue weighted by molar-refractivity contribution is -0.395. The van der Waals surface area contributed by atoms with Crippen LogP contribution in [0.15, 0.2) is 47.4 Å². The first kappa shape index (κ1) is 16.5. The van der Waals surface area contributed by atoms with Gasteiger partial charge in [0.15, 0.2) is 0 Å². The molecule has 120 valence electrons. The van der Waals surface area contributed by atoms with E-state index in [0.29, 0.717) is 0 Å². The van der Waals surface area contributed by atoms with E-state index in [0.717, 1.165) is 18.2 Å². The van der Waals surface area contributed by atoms with E-state index in [9.17, 15) is 33.2 Å². The SMILES string of the molecule is O=[N+]([O-])c1cccc([N+](=O)[O-])c1Cc1ccccc1S(=O)(=O)O. The summed E-state index contributed by atoms with van der Waals surface area (Å²) in [6, 6.07) is 8.63. The number of rotatable bonds is 5. The Balaban J connectivity index is 2.66. The Morgan fingerprint density at radius 2 is 1.43 bits per heavy atom. The van der Waals surface area contributed by atoms with E-state index in [2.05, 4.69) is 0 Å². The predicted molar refractivity (Wildman–Crippen MR) is 78.8 cm³/mol. The molecule has 0 atom stereocenters. The van der Waals surface area contributed by atoms with Gasteiger partial charge in [-0.05, 0) is 17.7 Å². The van der Waals surface area contributed by atoms with Crippen molar-refractivity contribution < 1.29 is 22.8 Å². The van der Waals surface area contributed by atoms with Crippen molar-refractivity contribution in [1.29, 1.82) is 0 Å². The third-order valence-corrected chi connectivity index (χ3v) is 4.09. The van der Waals surface area contributed by atoms with Crippen LogP contribution in [0, 0.1) is 20.2 Å². The lowest BCUT2D eigenvalue weighted by Crippen LogP contribution is -2.06. The molecule has 10 heteroatoms. The Labute approximate surface area is 130 Å². The maximum Gasteiger partial charge on any atom is 0.294 e. The van der Waals surface area contributed by atoms with E-state index in [1.807, 2.05) is 0 Å². The minimum absolute atomic E-state index is 0.0207. The monoisotopic (exact) mass is 338 g/mol. The van der Waals surface area contributed by atoms with Crippen molar-refractivity contribution in [2.24, 2.45) is 0 Å². The Kier molecular flexibility index (Phi) is 4.38. The minimum Gasteiger partial charge on any atom is -0.282 e. The quantitative estimate of drug-likeness (QED) is 0.501. The lowest BCUT2D eigenvalue weighted by atomic mass is 10.0. The molecule has 1 N–H and O–H groups in total. The van der Waals surface area contributed by atoms with Gasteiger partial charge in [-0.1, -0.05) is 18.2 Å². The molecule has 0 fully saturated rings. The number of hydrogen-bond donors (Lipinski definition) is 1. The molecule has 0 saturated carbocycles. The van der Waals surface area contributed by atoms with E-state index in [-0.39, 0.29) is 17.5 Å². The van der Waals surface area contributed by atoms with Gasteiger partial charge in [0.2, 0.25) is 0 Å². The summed E-state index contributed by atoms with van der Waals surface area (Å²) in [5, 5.41) is 22.2. The smallest absolute Gasteiger partial charge is 0.282 e. The molecule has 0 aliphatic carbocycles. The van der Waals surface area contributed by atoms with Gasteiger partial charge in [0, 0.05) is 18.6 Å². The normalized spacial score (nSPS) is 11.2. The summed E-state index contributed by atoms with van der Waals surface area (Å²) in [7, 11) is -4.56. The Morgan fingerprint density at radius 1 is 0.913 bits per heavy atom. The van der Waals surface area contributed by atoms with Crippen LogP contribution in [0.2, 0.25) is 0 Å². The van der Waals surface area contributed by atoms with Gasteiger partial charge in [-0.25, -0.2) is 0 Å². The number of nitro groups is 2. The zero-order valence-corrected chi connectivity index (χ0v) is 12.3. The van der Waals surface area contributed by atoms with Crippen LogP contribution in [0.4, 0.5) is 11.4 Å². The Morgan fingerprint density at radius 3 is 1.91 bits per heavy atom. The second kappa shape index (κ2) is 6.10. The molecule has 0 spiro atoms. The second-order valence-corrected chi connectivity index (χ2v) is 5.94. The van der Waals surface area contributed by atoms with Crippen LogP contribution in [0.5, 0.6) is 0 Å². The average molecular weight is 338 g/mol. The van der Waals surface area contributed by atoms with Crippen LogP contribution in [0.25, 0.3) is 0 Å². The van der Waals surface area contributed by atoms with Crippen molar-refractivity contribution >= 4 is 21.5 Å². The highest BCUT2D eigenvalue weighted by atomic mass is 32.2. The summed E-state index contributed by atoms with van der Waals surface area (Å²) >= 11 is 0. The summed E-state index contributed by atoms with van der Waals surface area (Å²) < 4.78 is 31.9. The zero-order chi connectivity index (χ0) is 17.2. The largest absolute Gasteiger partial charge is 0.294 e. The lowest BCUT2D eigenvalue weighted by Gasteiger charge is -2.08. The fraction of sp³-hybridized carbons (Fsp3) is 0.0769. The van der Waals surface area contributed by atoms with E-state index >= 15 is 0 Å². The Bertz CT molecular complexity index is 861. The molecule has 0 aromatic heterocycles. The first-order chi connectivity index (χ1) is 10.7. The summed E-state index contributed by atoms with van der Waals surface area (Å²) in [5.41, 5.74) is -1.21. The van der Waals surface area contributed by atoms with Crippen molar-refractivity contribution in [3.05, 3.63) is 73.8 Å². The van der Waals surface area contributed by atoms with Gasteiger partial charge in [-0.2, -0.15) is 8.42 Å². The van der Waals surface area contributed by atoms with E-state index < -0.39 is 36.2 Å². The van der Waals surface area contributed by atoms with Crippen LogP contribution in [-0.2, 0) is 16.5 Å². The van der Waals surface area contributed by atoms with Crippen LogP contribution in [-0.4, -0.2) is 22.8 Å². The summed E-state index contributed by atoms with van der Waals surface area (Å²) in [4.78, 5) is 20.2. The van der Waals surface area contributed by atoms with Crippen molar-refractivity contribution in [2.45, 2.75) is 11.3 Å². The van der Waals surface area contributed by atoms with Crippen LogP contribution in [0.3, 0.4) is 0 Å². The number of benzene rings is 2. The zero-order valence-electron chi connectivity index (χ0n) is 11.4. The van der Waals surface area contributed by atoms with Crippen LogP contribution < -0.4 is 0 Å². The molecule has 0 aliphatic rings. The fourth-order valence-corrected chi connectivity index (χ4v) is 2.90. The molecule has 2 rings (SSSR count). The third-order valence-electron chi connectivity index (χ3n) is 3.14. The van der Waals surface area contributed by atoms with Gasteiger partial charge >= 0.3 is 0 Å². The van der Waals surface area contributed by atoms with Gasteiger partial charge in [0.05, 0.1) is 14.7 Å². The molecule has 0 unspecified atom stereocenters. The molecule has 0 radical (unpaired) electrons. The summed E-state index contributed by atoms with van der Waals surface area (Å²) in [6.45, 7) is 0. The fourth-order valence-electron chi connectivity index (χ4n) is 2.18. The molecular formula is C13H10N2O7S. The number of nitro benzene ring substituents is 2. The van der Waals surface area contributed by atoms with E-state index in [1.165, 1.54) is 24.3 Å². The highest BCUT2D eigenvalue weighted by Gasteiger charge is 2.26. The van der Waals surface area contributed by atoms with Crippen molar-refractivity contribution in [3.63, 3.8) is 0 Å². The highest BCUT2D eigenvalue weighted by Crippen LogP contribution is 2.31. The van der Waals surface area contributed by atoms with E-state index in [1.54, 1.807) is 0 Å².